The Bertz CT molecular complexity index is 3220. The first-order chi connectivity index (χ1) is 29.0. The second-order valence-electron chi connectivity index (χ2n) is 16.0. The molecule has 0 unspecified atom stereocenters. The highest BCUT2D eigenvalue weighted by Gasteiger charge is 2.38. The first kappa shape index (κ1) is 34.7. The number of pyridine rings is 1. The van der Waals surface area contributed by atoms with E-state index in [0.29, 0.717) is 5.82 Å². The van der Waals surface area contributed by atoms with Gasteiger partial charge in [-0.15, -0.1) is 0 Å². The van der Waals surface area contributed by atoms with Crippen LogP contribution in [-0.4, -0.2) is 15.0 Å². The van der Waals surface area contributed by atoms with Crippen molar-refractivity contribution in [3.05, 3.63) is 212 Å². The van der Waals surface area contributed by atoms with Gasteiger partial charge in [0.15, 0.2) is 5.82 Å². The molecule has 59 heavy (non-hydrogen) atoms. The maximum Gasteiger partial charge on any atom is 0.160 e. The van der Waals surface area contributed by atoms with Gasteiger partial charge in [-0.1, -0.05) is 184 Å². The van der Waals surface area contributed by atoms with Gasteiger partial charge >= 0.3 is 0 Å². The highest BCUT2D eigenvalue weighted by atomic mass is 14.9. The van der Waals surface area contributed by atoms with Crippen LogP contribution in [0.25, 0.3) is 100.0 Å². The number of fused-ring (bicyclic) bond motifs is 6. The summed E-state index contributed by atoms with van der Waals surface area (Å²) < 4.78 is 0. The molecular weight excluding hydrogens is 715 g/mol. The third-order valence-corrected chi connectivity index (χ3v) is 12.2. The lowest BCUT2D eigenvalue weighted by atomic mass is 9.80. The quantitative estimate of drug-likeness (QED) is 0.170. The Balaban J connectivity index is 1.03. The van der Waals surface area contributed by atoms with Gasteiger partial charge in [0.2, 0.25) is 0 Å². The fourth-order valence-electron chi connectivity index (χ4n) is 9.34. The fourth-order valence-corrected chi connectivity index (χ4v) is 9.34. The highest BCUT2D eigenvalue weighted by Crippen LogP contribution is 2.54. The number of nitrogens with zero attached hydrogens (tertiary/aromatic N) is 3. The largest absolute Gasteiger partial charge is 0.264 e. The van der Waals surface area contributed by atoms with Crippen molar-refractivity contribution >= 4 is 21.5 Å². The zero-order valence-corrected chi connectivity index (χ0v) is 32.9. The molecule has 0 saturated heterocycles. The van der Waals surface area contributed by atoms with Crippen LogP contribution in [0, 0.1) is 0 Å². The maximum atomic E-state index is 5.23. The number of hydrogen-bond donors (Lipinski definition) is 0. The van der Waals surface area contributed by atoms with Crippen LogP contribution < -0.4 is 0 Å². The fraction of sp³-hybridized carbons (Fsp3) is 0.0536. The summed E-state index contributed by atoms with van der Waals surface area (Å²) in [5.74, 6) is 0.698. The van der Waals surface area contributed by atoms with Crippen molar-refractivity contribution < 1.29 is 0 Å². The molecule has 11 rings (SSSR count). The first-order valence-corrected chi connectivity index (χ1v) is 20.3. The summed E-state index contributed by atoms with van der Waals surface area (Å²) in [6.45, 7) is 4.75. The smallest absolute Gasteiger partial charge is 0.160 e. The van der Waals surface area contributed by atoms with Crippen molar-refractivity contribution in [2.75, 3.05) is 0 Å². The first-order valence-electron chi connectivity index (χ1n) is 20.3. The molecule has 0 N–H and O–H groups in total. The average Bonchev–Trinajstić information content (AvgIpc) is 3.55. The van der Waals surface area contributed by atoms with Crippen LogP contribution in [0.15, 0.2) is 200 Å². The van der Waals surface area contributed by atoms with Crippen LogP contribution in [0.5, 0.6) is 0 Å². The second-order valence-corrected chi connectivity index (χ2v) is 16.0. The van der Waals surface area contributed by atoms with Gasteiger partial charge in [-0.3, -0.25) is 4.98 Å². The Morgan fingerprint density at radius 1 is 0.390 bits per heavy atom. The molecule has 1 aliphatic rings. The van der Waals surface area contributed by atoms with Crippen LogP contribution in [0.3, 0.4) is 0 Å². The predicted octanol–water partition coefficient (Wildman–Crippen LogP) is 14.5. The second kappa shape index (κ2) is 13.9. The van der Waals surface area contributed by atoms with Gasteiger partial charge in [0.25, 0.3) is 0 Å². The molecule has 2 aromatic heterocycles. The normalized spacial score (nSPS) is 12.7. The van der Waals surface area contributed by atoms with Crippen molar-refractivity contribution in [3.63, 3.8) is 0 Å². The summed E-state index contributed by atoms with van der Waals surface area (Å²) in [5, 5.41) is 4.95. The van der Waals surface area contributed by atoms with E-state index in [4.69, 9.17) is 9.97 Å². The van der Waals surface area contributed by atoms with Gasteiger partial charge in [-0.05, 0) is 95.4 Å². The highest BCUT2D eigenvalue weighted by molar-refractivity contribution is 6.06. The molecule has 2 heterocycles. The summed E-state index contributed by atoms with van der Waals surface area (Å²) in [6, 6.07) is 67.6. The third kappa shape index (κ3) is 5.85. The lowest BCUT2D eigenvalue weighted by Crippen LogP contribution is -2.15. The van der Waals surface area contributed by atoms with Gasteiger partial charge in [0, 0.05) is 34.5 Å². The van der Waals surface area contributed by atoms with Crippen LogP contribution >= 0.6 is 0 Å². The topological polar surface area (TPSA) is 38.7 Å². The number of hydrogen-bond acceptors (Lipinski definition) is 3. The van der Waals surface area contributed by atoms with Crippen LogP contribution in [0.1, 0.15) is 25.0 Å². The number of benzene rings is 8. The van der Waals surface area contributed by atoms with E-state index >= 15 is 0 Å². The molecule has 0 saturated carbocycles. The maximum absolute atomic E-state index is 5.23. The van der Waals surface area contributed by atoms with Crippen molar-refractivity contribution in [2.24, 2.45) is 0 Å². The minimum absolute atomic E-state index is 0.115. The molecule has 0 aliphatic heterocycles. The summed E-state index contributed by atoms with van der Waals surface area (Å²) >= 11 is 0. The molecule has 0 radical (unpaired) electrons. The minimum atomic E-state index is -0.115. The van der Waals surface area contributed by atoms with Crippen LogP contribution in [0.2, 0.25) is 0 Å². The monoisotopic (exact) mass is 753 g/mol. The molecule has 0 fully saturated rings. The Kier molecular flexibility index (Phi) is 8.16. The van der Waals surface area contributed by atoms with Crippen LogP contribution in [-0.2, 0) is 5.41 Å². The van der Waals surface area contributed by atoms with E-state index < -0.39 is 0 Å². The Morgan fingerprint density at radius 2 is 1.02 bits per heavy atom. The van der Waals surface area contributed by atoms with E-state index in [1.54, 1.807) is 6.20 Å². The van der Waals surface area contributed by atoms with E-state index in [1.807, 2.05) is 30.5 Å². The average molecular weight is 754 g/mol. The molecule has 278 valence electrons. The van der Waals surface area contributed by atoms with Gasteiger partial charge in [0.1, 0.15) is 0 Å². The van der Waals surface area contributed by atoms with Gasteiger partial charge < -0.3 is 0 Å². The molecule has 0 spiro atoms. The zero-order chi connectivity index (χ0) is 39.5. The van der Waals surface area contributed by atoms with E-state index in [0.717, 1.165) is 44.6 Å². The SMILES string of the molecule is CC1(C)c2cccc(-c3cccc(-c4ccc(-c5cc(-c6ccc(-c7cccnc7)cc6)nc(-c6ccccc6)n5)c5ccccc45)c3)c2-c2ccc3ccccc3c21. The van der Waals surface area contributed by atoms with Crippen molar-refractivity contribution in [1.29, 1.82) is 0 Å². The number of rotatable bonds is 6. The van der Waals surface area contributed by atoms with Crippen LogP contribution in [0.4, 0.5) is 0 Å². The van der Waals surface area contributed by atoms with Gasteiger partial charge in [-0.25, -0.2) is 9.97 Å². The van der Waals surface area contributed by atoms with Crippen molar-refractivity contribution in [1.82, 2.24) is 15.0 Å². The molecule has 0 amide bonds. The van der Waals surface area contributed by atoms with Gasteiger partial charge in [-0.2, -0.15) is 0 Å². The van der Waals surface area contributed by atoms with Crippen molar-refractivity contribution in [2.45, 2.75) is 19.3 Å². The summed E-state index contributed by atoms with van der Waals surface area (Å²) in [7, 11) is 0. The van der Waals surface area contributed by atoms with Gasteiger partial charge in [0.05, 0.1) is 11.4 Å². The lowest BCUT2D eigenvalue weighted by Gasteiger charge is -2.23. The molecule has 1 aliphatic carbocycles. The zero-order valence-electron chi connectivity index (χ0n) is 32.9. The third-order valence-electron chi connectivity index (χ3n) is 12.2. The molecule has 3 nitrogen and oxygen atoms in total. The molecular formula is C56H39N3. The van der Waals surface area contributed by atoms with E-state index in [-0.39, 0.29) is 5.41 Å². The van der Waals surface area contributed by atoms with Crippen molar-refractivity contribution in [3.8, 4) is 78.4 Å². The molecule has 8 aromatic carbocycles. The summed E-state index contributed by atoms with van der Waals surface area (Å²) in [5.41, 5.74) is 17.3. The minimum Gasteiger partial charge on any atom is -0.264 e. The molecule has 10 aromatic rings. The standard InChI is InChI=1S/C56H39N3/c1-56(2)50-23-11-22-44(53(50)49-29-28-37-13-6-7-19-45(37)54(49)56)41-17-10-16-40(33-41)43-30-31-48(47-21-9-8-20-46(43)47)52-34-51(58-55(59-52)39-14-4-3-5-15-39)38-26-24-36(25-27-38)42-18-12-32-57-35-42/h3-35H,1-2H3. The Morgan fingerprint density at radius 3 is 1.81 bits per heavy atom. The van der Waals surface area contributed by atoms with E-state index in [2.05, 4.69) is 183 Å². The summed E-state index contributed by atoms with van der Waals surface area (Å²) in [6.07, 6.45) is 3.69. The molecule has 0 atom stereocenters. The lowest BCUT2D eigenvalue weighted by molar-refractivity contribution is 0.666. The Labute approximate surface area is 344 Å². The number of aromatic nitrogens is 3. The molecule has 3 heteroatoms. The predicted molar refractivity (Wildman–Crippen MR) is 245 cm³/mol. The molecule has 0 bridgehead atoms. The summed E-state index contributed by atoms with van der Waals surface area (Å²) in [4.78, 5) is 14.7. The van der Waals surface area contributed by atoms with E-state index in [1.165, 1.54) is 60.7 Å². The van der Waals surface area contributed by atoms with E-state index in [9.17, 15) is 0 Å². The Hall–Kier alpha value is -7.49.